The molecular formula is C14H21ClN2O. The second-order valence-corrected chi connectivity index (χ2v) is 4.86. The van der Waals surface area contributed by atoms with Gasteiger partial charge in [-0.2, -0.15) is 0 Å². The summed E-state index contributed by atoms with van der Waals surface area (Å²) in [5.74, 6) is 0.0392. The van der Waals surface area contributed by atoms with Crippen LogP contribution in [0.15, 0.2) is 24.3 Å². The summed E-state index contributed by atoms with van der Waals surface area (Å²) >= 11 is 5.89. The van der Waals surface area contributed by atoms with Gasteiger partial charge in [0.05, 0.1) is 6.54 Å². The molecule has 1 unspecified atom stereocenters. The lowest BCUT2D eigenvalue weighted by Gasteiger charge is -2.11. The van der Waals surface area contributed by atoms with Crippen LogP contribution < -0.4 is 10.6 Å². The third-order valence-corrected chi connectivity index (χ3v) is 3.08. The Kier molecular flexibility index (Phi) is 6.76. The molecule has 1 atom stereocenters. The van der Waals surface area contributed by atoms with Crippen LogP contribution in [0.5, 0.6) is 0 Å². The van der Waals surface area contributed by atoms with Crippen LogP contribution in [0.1, 0.15) is 25.8 Å². The van der Waals surface area contributed by atoms with E-state index in [1.54, 1.807) is 0 Å². The Balaban J connectivity index is 2.19. The molecule has 1 aromatic rings. The summed E-state index contributed by atoms with van der Waals surface area (Å²) in [7, 11) is 0. The minimum atomic E-state index is 0.0392. The first-order chi connectivity index (χ1) is 8.61. The van der Waals surface area contributed by atoms with Crippen LogP contribution in [0, 0.1) is 0 Å². The Labute approximate surface area is 114 Å². The molecule has 4 heteroatoms. The third kappa shape index (κ3) is 6.03. The van der Waals surface area contributed by atoms with Crippen molar-refractivity contribution < 1.29 is 4.79 Å². The predicted molar refractivity (Wildman–Crippen MR) is 75.9 cm³/mol. The molecule has 18 heavy (non-hydrogen) atoms. The van der Waals surface area contributed by atoms with Gasteiger partial charge in [0.25, 0.3) is 0 Å². The molecule has 1 aromatic carbocycles. The SMILES string of the molecule is CCC(C)NCC(=O)NCCc1cccc(Cl)c1. The normalized spacial score (nSPS) is 12.2. The molecule has 3 nitrogen and oxygen atoms in total. The average Bonchev–Trinajstić information content (AvgIpc) is 2.36. The number of carbonyl (C=O) groups excluding carboxylic acids is 1. The quantitative estimate of drug-likeness (QED) is 0.797. The minimum Gasteiger partial charge on any atom is -0.355 e. The number of rotatable bonds is 7. The lowest BCUT2D eigenvalue weighted by Crippen LogP contribution is -2.38. The van der Waals surface area contributed by atoms with Crippen LogP contribution in [0.3, 0.4) is 0 Å². The molecular weight excluding hydrogens is 248 g/mol. The molecule has 0 saturated carbocycles. The summed E-state index contributed by atoms with van der Waals surface area (Å²) in [6, 6.07) is 8.08. The first-order valence-electron chi connectivity index (χ1n) is 6.36. The van der Waals surface area contributed by atoms with E-state index in [9.17, 15) is 4.79 Å². The van der Waals surface area contributed by atoms with Crippen molar-refractivity contribution >= 4 is 17.5 Å². The monoisotopic (exact) mass is 268 g/mol. The zero-order valence-corrected chi connectivity index (χ0v) is 11.8. The molecule has 0 bridgehead atoms. The number of amides is 1. The first kappa shape index (κ1) is 15.0. The number of hydrogen-bond donors (Lipinski definition) is 2. The number of halogens is 1. The molecule has 0 saturated heterocycles. The number of nitrogens with one attached hydrogen (secondary N) is 2. The fourth-order valence-electron chi connectivity index (χ4n) is 1.51. The van der Waals surface area contributed by atoms with Gasteiger partial charge in [-0.15, -0.1) is 0 Å². The second kappa shape index (κ2) is 8.11. The number of hydrogen-bond acceptors (Lipinski definition) is 2. The fraction of sp³-hybridized carbons (Fsp3) is 0.500. The molecule has 0 aliphatic carbocycles. The Hall–Kier alpha value is -1.06. The molecule has 0 aromatic heterocycles. The number of benzene rings is 1. The third-order valence-electron chi connectivity index (χ3n) is 2.85. The van der Waals surface area contributed by atoms with E-state index in [4.69, 9.17) is 11.6 Å². The van der Waals surface area contributed by atoms with E-state index in [0.29, 0.717) is 19.1 Å². The maximum absolute atomic E-state index is 11.5. The predicted octanol–water partition coefficient (Wildman–Crippen LogP) is 2.39. The van der Waals surface area contributed by atoms with E-state index in [1.807, 2.05) is 24.3 Å². The average molecular weight is 269 g/mol. The van der Waals surface area contributed by atoms with Gasteiger partial charge in [-0.1, -0.05) is 30.7 Å². The molecule has 0 aliphatic heterocycles. The van der Waals surface area contributed by atoms with Crippen LogP contribution in [-0.2, 0) is 11.2 Å². The highest BCUT2D eigenvalue weighted by Crippen LogP contribution is 2.10. The van der Waals surface area contributed by atoms with E-state index in [1.165, 1.54) is 0 Å². The first-order valence-corrected chi connectivity index (χ1v) is 6.74. The zero-order chi connectivity index (χ0) is 13.4. The van der Waals surface area contributed by atoms with Gasteiger partial charge in [-0.05, 0) is 37.5 Å². The standard InChI is InChI=1S/C14H21ClN2O/c1-3-11(2)17-10-14(18)16-8-7-12-5-4-6-13(15)9-12/h4-6,9,11,17H,3,7-8,10H2,1-2H3,(H,16,18). The van der Waals surface area contributed by atoms with Crippen molar-refractivity contribution in [1.82, 2.24) is 10.6 Å². The van der Waals surface area contributed by atoms with Crippen molar-refractivity contribution in [3.05, 3.63) is 34.9 Å². The highest BCUT2D eigenvalue weighted by atomic mass is 35.5. The van der Waals surface area contributed by atoms with E-state index >= 15 is 0 Å². The largest absolute Gasteiger partial charge is 0.355 e. The topological polar surface area (TPSA) is 41.1 Å². The molecule has 0 heterocycles. The van der Waals surface area contributed by atoms with Crippen LogP contribution in [0.25, 0.3) is 0 Å². The molecule has 2 N–H and O–H groups in total. The van der Waals surface area contributed by atoms with Gasteiger partial charge in [0.1, 0.15) is 0 Å². The van der Waals surface area contributed by atoms with Gasteiger partial charge in [0.2, 0.25) is 5.91 Å². The van der Waals surface area contributed by atoms with Gasteiger partial charge in [-0.3, -0.25) is 4.79 Å². The lowest BCUT2D eigenvalue weighted by molar-refractivity contribution is -0.120. The molecule has 100 valence electrons. The molecule has 0 aliphatic rings. The van der Waals surface area contributed by atoms with Gasteiger partial charge in [0.15, 0.2) is 0 Å². The van der Waals surface area contributed by atoms with E-state index in [-0.39, 0.29) is 5.91 Å². The van der Waals surface area contributed by atoms with Crippen molar-refractivity contribution in [3.63, 3.8) is 0 Å². The van der Waals surface area contributed by atoms with Crippen molar-refractivity contribution in [1.29, 1.82) is 0 Å². The molecule has 1 rings (SSSR count). The zero-order valence-electron chi connectivity index (χ0n) is 11.0. The molecule has 0 radical (unpaired) electrons. The lowest BCUT2D eigenvalue weighted by atomic mass is 10.1. The minimum absolute atomic E-state index is 0.0392. The second-order valence-electron chi connectivity index (χ2n) is 4.42. The molecule has 1 amide bonds. The fourth-order valence-corrected chi connectivity index (χ4v) is 1.73. The summed E-state index contributed by atoms with van der Waals surface area (Å²) < 4.78 is 0. The van der Waals surface area contributed by atoms with Gasteiger partial charge in [-0.25, -0.2) is 0 Å². The summed E-state index contributed by atoms with van der Waals surface area (Å²) in [5.41, 5.74) is 1.14. The smallest absolute Gasteiger partial charge is 0.233 e. The number of carbonyl (C=O) groups is 1. The van der Waals surface area contributed by atoms with E-state index in [2.05, 4.69) is 24.5 Å². The van der Waals surface area contributed by atoms with Crippen LogP contribution in [0.4, 0.5) is 0 Å². The van der Waals surface area contributed by atoms with Crippen molar-refractivity contribution in [3.8, 4) is 0 Å². The highest BCUT2D eigenvalue weighted by Gasteiger charge is 2.03. The van der Waals surface area contributed by atoms with Gasteiger partial charge < -0.3 is 10.6 Å². The van der Waals surface area contributed by atoms with Crippen LogP contribution in [-0.4, -0.2) is 25.0 Å². The molecule has 0 fully saturated rings. The van der Waals surface area contributed by atoms with Crippen molar-refractivity contribution in [2.75, 3.05) is 13.1 Å². The Morgan fingerprint density at radius 1 is 1.44 bits per heavy atom. The van der Waals surface area contributed by atoms with Gasteiger partial charge >= 0.3 is 0 Å². The Morgan fingerprint density at radius 2 is 2.22 bits per heavy atom. The van der Waals surface area contributed by atoms with E-state index in [0.717, 1.165) is 23.4 Å². The highest BCUT2D eigenvalue weighted by molar-refractivity contribution is 6.30. The van der Waals surface area contributed by atoms with Crippen molar-refractivity contribution in [2.24, 2.45) is 0 Å². The van der Waals surface area contributed by atoms with Crippen LogP contribution >= 0.6 is 11.6 Å². The summed E-state index contributed by atoms with van der Waals surface area (Å²) in [6.45, 7) is 5.18. The molecule has 0 spiro atoms. The van der Waals surface area contributed by atoms with Gasteiger partial charge in [0, 0.05) is 17.6 Å². The van der Waals surface area contributed by atoms with E-state index < -0.39 is 0 Å². The summed E-state index contributed by atoms with van der Waals surface area (Å²) in [4.78, 5) is 11.5. The summed E-state index contributed by atoms with van der Waals surface area (Å²) in [5, 5.41) is 6.78. The van der Waals surface area contributed by atoms with Crippen LogP contribution in [0.2, 0.25) is 5.02 Å². The maximum Gasteiger partial charge on any atom is 0.233 e. The Morgan fingerprint density at radius 3 is 2.89 bits per heavy atom. The summed E-state index contributed by atoms with van der Waals surface area (Å²) in [6.07, 6.45) is 1.82. The van der Waals surface area contributed by atoms with Crippen molar-refractivity contribution in [2.45, 2.75) is 32.7 Å². The Bertz CT molecular complexity index is 382. The maximum atomic E-state index is 11.5.